The number of ether oxygens (including phenoxy) is 1. The highest BCUT2D eigenvalue weighted by Gasteiger charge is 2.31. The van der Waals surface area contributed by atoms with E-state index in [0.29, 0.717) is 24.5 Å². The second kappa shape index (κ2) is 8.25. The van der Waals surface area contributed by atoms with E-state index in [2.05, 4.69) is 44.7 Å². The van der Waals surface area contributed by atoms with Gasteiger partial charge in [0.2, 0.25) is 5.91 Å². The lowest BCUT2D eigenvalue weighted by molar-refractivity contribution is -0.132. The van der Waals surface area contributed by atoms with Gasteiger partial charge >= 0.3 is 0 Å². The van der Waals surface area contributed by atoms with Crippen LogP contribution in [0.1, 0.15) is 31.9 Å². The Morgan fingerprint density at radius 1 is 1.00 bits per heavy atom. The van der Waals surface area contributed by atoms with Crippen molar-refractivity contribution in [3.8, 4) is 5.75 Å². The zero-order valence-electron chi connectivity index (χ0n) is 18.9. The Kier molecular flexibility index (Phi) is 5.65. The molecule has 0 unspecified atom stereocenters. The molecule has 0 bridgehead atoms. The first-order chi connectivity index (χ1) is 14.7. The number of fused-ring (bicyclic) bond motifs is 1. The normalized spacial score (nSPS) is 16.8. The van der Waals surface area contributed by atoms with Crippen molar-refractivity contribution in [1.29, 1.82) is 0 Å². The molecule has 2 amide bonds. The molecule has 2 aromatic carbocycles. The number of anilines is 2. The van der Waals surface area contributed by atoms with Crippen LogP contribution in [0.3, 0.4) is 0 Å². The Morgan fingerprint density at radius 3 is 2.39 bits per heavy atom. The van der Waals surface area contributed by atoms with Gasteiger partial charge in [0.05, 0.1) is 5.69 Å². The molecule has 1 saturated heterocycles. The Hall–Kier alpha value is -3.02. The maximum absolute atomic E-state index is 13.1. The Bertz CT molecular complexity index is 988. The molecule has 0 atom stereocenters. The molecule has 6 heteroatoms. The van der Waals surface area contributed by atoms with E-state index >= 15 is 0 Å². The fraction of sp³-hybridized carbons (Fsp3) is 0.440. The number of piperazine rings is 1. The molecule has 4 rings (SSSR count). The third-order valence-corrected chi connectivity index (χ3v) is 6.15. The van der Waals surface area contributed by atoms with Crippen molar-refractivity contribution in [1.82, 2.24) is 4.90 Å². The van der Waals surface area contributed by atoms with Gasteiger partial charge in [-0.3, -0.25) is 14.5 Å². The van der Waals surface area contributed by atoms with Crippen molar-refractivity contribution < 1.29 is 14.3 Å². The van der Waals surface area contributed by atoms with Crippen LogP contribution in [-0.2, 0) is 15.0 Å². The average molecular weight is 422 g/mol. The number of carbonyl (C=O) groups is 2. The van der Waals surface area contributed by atoms with Crippen molar-refractivity contribution in [3.05, 3.63) is 53.6 Å². The van der Waals surface area contributed by atoms with Crippen molar-refractivity contribution in [3.63, 3.8) is 0 Å². The SMILES string of the molecule is Cc1ccccc1N1CCN(C(=O)CN2C(=O)COc3ccc(C(C)(C)C)cc32)CC1. The summed E-state index contributed by atoms with van der Waals surface area (Å²) in [5.74, 6) is 0.460. The van der Waals surface area contributed by atoms with Gasteiger partial charge in [0.1, 0.15) is 12.3 Å². The highest BCUT2D eigenvalue weighted by Crippen LogP contribution is 2.36. The van der Waals surface area contributed by atoms with E-state index in [4.69, 9.17) is 4.74 Å². The van der Waals surface area contributed by atoms with Crippen LogP contribution in [0.4, 0.5) is 11.4 Å². The van der Waals surface area contributed by atoms with Gasteiger partial charge in [0.15, 0.2) is 6.61 Å². The van der Waals surface area contributed by atoms with E-state index in [1.54, 1.807) is 4.90 Å². The minimum Gasteiger partial charge on any atom is -0.482 e. The van der Waals surface area contributed by atoms with Gasteiger partial charge in [0, 0.05) is 31.9 Å². The lowest BCUT2D eigenvalue weighted by Crippen LogP contribution is -2.53. The molecule has 2 aliphatic heterocycles. The maximum Gasteiger partial charge on any atom is 0.265 e. The highest BCUT2D eigenvalue weighted by molar-refractivity contribution is 6.02. The summed E-state index contributed by atoms with van der Waals surface area (Å²) in [7, 11) is 0. The van der Waals surface area contributed by atoms with Crippen LogP contribution in [0, 0.1) is 6.92 Å². The van der Waals surface area contributed by atoms with E-state index in [0.717, 1.165) is 18.7 Å². The lowest BCUT2D eigenvalue weighted by Gasteiger charge is -2.38. The predicted molar refractivity (Wildman–Crippen MR) is 123 cm³/mol. The van der Waals surface area contributed by atoms with E-state index in [-0.39, 0.29) is 30.4 Å². The van der Waals surface area contributed by atoms with Gasteiger partial charge < -0.3 is 14.5 Å². The summed E-state index contributed by atoms with van der Waals surface area (Å²) in [6.07, 6.45) is 0. The maximum atomic E-state index is 13.1. The summed E-state index contributed by atoms with van der Waals surface area (Å²) in [5, 5.41) is 0. The molecule has 2 heterocycles. The van der Waals surface area contributed by atoms with Crippen molar-refractivity contribution in [2.24, 2.45) is 0 Å². The second-order valence-electron chi connectivity index (χ2n) is 9.36. The molecule has 6 nitrogen and oxygen atoms in total. The van der Waals surface area contributed by atoms with Crippen LogP contribution in [0.15, 0.2) is 42.5 Å². The highest BCUT2D eigenvalue weighted by atomic mass is 16.5. The van der Waals surface area contributed by atoms with Gasteiger partial charge in [0.25, 0.3) is 5.91 Å². The van der Waals surface area contributed by atoms with E-state index in [9.17, 15) is 9.59 Å². The van der Waals surface area contributed by atoms with Crippen LogP contribution >= 0.6 is 0 Å². The number of hydrogen-bond acceptors (Lipinski definition) is 4. The summed E-state index contributed by atoms with van der Waals surface area (Å²) in [5.41, 5.74) is 4.20. The van der Waals surface area contributed by atoms with Gasteiger partial charge in [-0.2, -0.15) is 0 Å². The number of amides is 2. The first-order valence-corrected chi connectivity index (χ1v) is 10.9. The Balaban J connectivity index is 1.46. The predicted octanol–water partition coefficient (Wildman–Crippen LogP) is 3.37. The summed E-state index contributed by atoms with van der Waals surface area (Å²) in [6.45, 7) is 11.4. The zero-order valence-corrected chi connectivity index (χ0v) is 18.9. The number of benzene rings is 2. The molecule has 0 aliphatic carbocycles. The fourth-order valence-corrected chi connectivity index (χ4v) is 4.19. The van der Waals surface area contributed by atoms with Crippen molar-refractivity contribution in [2.75, 3.05) is 49.1 Å². The lowest BCUT2D eigenvalue weighted by atomic mass is 9.86. The molecule has 0 saturated carbocycles. The third kappa shape index (κ3) is 4.38. The van der Waals surface area contributed by atoms with Crippen LogP contribution in [0.2, 0.25) is 0 Å². The van der Waals surface area contributed by atoms with Gasteiger partial charge in [-0.05, 0) is 41.7 Å². The number of nitrogens with zero attached hydrogens (tertiary/aromatic N) is 3. The smallest absolute Gasteiger partial charge is 0.265 e. The van der Waals surface area contributed by atoms with Crippen LogP contribution in [0.25, 0.3) is 0 Å². The van der Waals surface area contributed by atoms with Gasteiger partial charge in [-0.15, -0.1) is 0 Å². The third-order valence-electron chi connectivity index (χ3n) is 6.15. The summed E-state index contributed by atoms with van der Waals surface area (Å²) in [6, 6.07) is 14.2. The Labute approximate surface area is 184 Å². The molecule has 0 N–H and O–H groups in total. The number of hydrogen-bond donors (Lipinski definition) is 0. The molecule has 31 heavy (non-hydrogen) atoms. The molecular weight excluding hydrogens is 390 g/mol. The molecule has 164 valence electrons. The molecule has 0 radical (unpaired) electrons. The monoisotopic (exact) mass is 421 g/mol. The fourth-order valence-electron chi connectivity index (χ4n) is 4.19. The average Bonchev–Trinajstić information content (AvgIpc) is 2.75. The number of para-hydroxylation sites is 1. The molecule has 0 aromatic heterocycles. The molecule has 1 fully saturated rings. The minimum absolute atomic E-state index is 0.0215. The first kappa shape index (κ1) is 21.2. The summed E-state index contributed by atoms with van der Waals surface area (Å²) < 4.78 is 5.61. The first-order valence-electron chi connectivity index (χ1n) is 10.9. The molecular formula is C25H31N3O3. The quantitative estimate of drug-likeness (QED) is 0.763. The summed E-state index contributed by atoms with van der Waals surface area (Å²) >= 11 is 0. The van der Waals surface area contributed by atoms with E-state index in [1.807, 2.05) is 35.2 Å². The van der Waals surface area contributed by atoms with Crippen LogP contribution < -0.4 is 14.5 Å². The van der Waals surface area contributed by atoms with Gasteiger partial charge in [-0.25, -0.2) is 0 Å². The van der Waals surface area contributed by atoms with E-state index in [1.165, 1.54) is 11.3 Å². The van der Waals surface area contributed by atoms with Gasteiger partial charge in [-0.1, -0.05) is 45.0 Å². The van der Waals surface area contributed by atoms with Crippen LogP contribution in [0.5, 0.6) is 5.75 Å². The van der Waals surface area contributed by atoms with E-state index < -0.39 is 0 Å². The van der Waals surface area contributed by atoms with Crippen LogP contribution in [-0.4, -0.2) is 56.0 Å². The second-order valence-corrected chi connectivity index (χ2v) is 9.36. The Morgan fingerprint density at radius 2 is 1.71 bits per heavy atom. The number of carbonyl (C=O) groups excluding carboxylic acids is 2. The largest absolute Gasteiger partial charge is 0.482 e. The van der Waals surface area contributed by atoms with Crippen molar-refractivity contribution >= 4 is 23.2 Å². The number of aryl methyl sites for hydroxylation is 1. The zero-order chi connectivity index (χ0) is 22.2. The van der Waals surface area contributed by atoms with Crippen molar-refractivity contribution in [2.45, 2.75) is 33.1 Å². The number of rotatable bonds is 3. The summed E-state index contributed by atoms with van der Waals surface area (Å²) in [4.78, 5) is 31.5. The molecule has 0 spiro atoms. The minimum atomic E-state index is -0.176. The molecule has 2 aromatic rings. The molecule has 2 aliphatic rings. The standard InChI is InChI=1S/C25H31N3O3/c1-18-7-5-6-8-20(18)26-11-13-27(14-12-26)23(29)16-28-21-15-19(25(2,3)4)9-10-22(21)31-17-24(28)30/h5-10,15H,11-14,16-17H2,1-4H3. The topological polar surface area (TPSA) is 53.1 Å².